The molecule has 1 aromatic carbocycles. The molecule has 0 radical (unpaired) electrons. The first-order valence-electron chi connectivity index (χ1n) is 5.12. The molecule has 3 rings (SSSR count). The van der Waals surface area contributed by atoms with Gasteiger partial charge in [-0.15, -0.1) is 12.4 Å². The van der Waals surface area contributed by atoms with Crippen LogP contribution in [-0.4, -0.2) is 21.0 Å². The van der Waals surface area contributed by atoms with Gasteiger partial charge in [0.1, 0.15) is 0 Å². The molecule has 0 amide bonds. The van der Waals surface area contributed by atoms with E-state index in [1.54, 1.807) is 30.6 Å². The van der Waals surface area contributed by atoms with Gasteiger partial charge in [-0.05, 0) is 30.3 Å². The molecule has 4 nitrogen and oxygen atoms in total. The first-order chi connectivity index (χ1) is 8.25. The van der Waals surface area contributed by atoms with E-state index in [1.807, 2.05) is 12.1 Å². The molecule has 0 bridgehead atoms. The first-order valence-corrected chi connectivity index (χ1v) is 5.12. The Morgan fingerprint density at radius 1 is 1.17 bits per heavy atom. The third kappa shape index (κ3) is 1.87. The van der Waals surface area contributed by atoms with E-state index in [0.29, 0.717) is 0 Å². The summed E-state index contributed by atoms with van der Waals surface area (Å²) in [6.07, 6.45) is 3.43. The molecule has 0 aliphatic rings. The normalized spacial score (nSPS) is 10.2. The molecule has 2 aromatic heterocycles. The Bertz CT molecular complexity index is 743. The number of pyridine rings is 2. The van der Waals surface area contributed by atoms with Crippen molar-refractivity contribution in [1.82, 2.24) is 9.97 Å². The molecule has 3 aromatic rings. The number of aromatic nitrogens is 2. The molecule has 0 saturated heterocycles. The van der Waals surface area contributed by atoms with Crippen LogP contribution in [0, 0.1) is 0 Å². The molecule has 0 atom stereocenters. The van der Waals surface area contributed by atoms with Crippen LogP contribution in [0.15, 0.2) is 42.7 Å². The average molecular weight is 261 g/mol. The molecule has 0 saturated carbocycles. The van der Waals surface area contributed by atoms with Crippen molar-refractivity contribution in [3.63, 3.8) is 0 Å². The maximum absolute atomic E-state index is 10.9. The van der Waals surface area contributed by atoms with Gasteiger partial charge in [0.05, 0.1) is 16.6 Å². The van der Waals surface area contributed by atoms with Crippen molar-refractivity contribution in [2.24, 2.45) is 0 Å². The number of carbonyl (C=O) groups is 1. The van der Waals surface area contributed by atoms with Crippen molar-refractivity contribution in [2.75, 3.05) is 0 Å². The zero-order valence-corrected chi connectivity index (χ0v) is 10.0. The second kappa shape index (κ2) is 4.58. The van der Waals surface area contributed by atoms with Crippen LogP contribution in [0.25, 0.3) is 21.8 Å². The van der Waals surface area contributed by atoms with E-state index >= 15 is 0 Å². The third-order valence-corrected chi connectivity index (χ3v) is 2.68. The molecular weight excluding hydrogens is 252 g/mol. The summed E-state index contributed by atoms with van der Waals surface area (Å²) in [5.41, 5.74) is 1.78. The molecule has 0 unspecified atom stereocenters. The van der Waals surface area contributed by atoms with Gasteiger partial charge in [0.25, 0.3) is 0 Å². The van der Waals surface area contributed by atoms with Gasteiger partial charge in [-0.3, -0.25) is 9.97 Å². The number of benzene rings is 1. The fourth-order valence-corrected chi connectivity index (χ4v) is 1.86. The van der Waals surface area contributed by atoms with Crippen LogP contribution >= 0.6 is 12.4 Å². The SMILES string of the molecule is Cl.O=C(O)c1ccc2ncc3cccnc3c2c1. The van der Waals surface area contributed by atoms with E-state index in [0.717, 1.165) is 21.8 Å². The Hall–Kier alpha value is -2.20. The van der Waals surface area contributed by atoms with Crippen molar-refractivity contribution < 1.29 is 9.90 Å². The second-order valence-electron chi connectivity index (χ2n) is 3.74. The highest BCUT2D eigenvalue weighted by atomic mass is 35.5. The predicted octanol–water partition coefficient (Wildman–Crippen LogP) is 2.90. The van der Waals surface area contributed by atoms with Crippen molar-refractivity contribution >= 4 is 40.2 Å². The molecular formula is C13H9ClN2O2. The maximum atomic E-state index is 10.9. The average Bonchev–Trinajstić information content (AvgIpc) is 2.38. The summed E-state index contributed by atoms with van der Waals surface area (Å²) in [6, 6.07) is 8.60. The highest BCUT2D eigenvalue weighted by Crippen LogP contribution is 2.22. The number of fused-ring (bicyclic) bond motifs is 3. The van der Waals surface area contributed by atoms with Gasteiger partial charge in [0.15, 0.2) is 0 Å². The molecule has 2 heterocycles. The molecule has 5 heteroatoms. The van der Waals surface area contributed by atoms with E-state index < -0.39 is 5.97 Å². The fraction of sp³-hybridized carbons (Fsp3) is 0. The fourth-order valence-electron chi connectivity index (χ4n) is 1.86. The van der Waals surface area contributed by atoms with E-state index in [2.05, 4.69) is 9.97 Å². The summed E-state index contributed by atoms with van der Waals surface area (Å²) in [5.74, 6) is -0.945. The number of carboxylic acid groups (broad SMARTS) is 1. The van der Waals surface area contributed by atoms with Gasteiger partial charge < -0.3 is 5.11 Å². The minimum absolute atomic E-state index is 0. The standard InChI is InChI=1S/C13H8N2O2.ClH/c16-13(17)8-3-4-11-10(6-8)12-9(7-15-11)2-1-5-14-12;/h1-7H,(H,16,17);1H. The van der Waals surface area contributed by atoms with Crippen LogP contribution in [0.2, 0.25) is 0 Å². The summed E-state index contributed by atoms with van der Waals surface area (Å²) >= 11 is 0. The number of carboxylic acids is 1. The van der Waals surface area contributed by atoms with Crippen LogP contribution in [0.4, 0.5) is 0 Å². The molecule has 0 fully saturated rings. The summed E-state index contributed by atoms with van der Waals surface area (Å²) in [6.45, 7) is 0. The summed E-state index contributed by atoms with van der Waals surface area (Å²) in [4.78, 5) is 19.5. The molecule has 0 aliphatic carbocycles. The maximum Gasteiger partial charge on any atom is 0.335 e. The minimum atomic E-state index is -0.945. The Labute approximate surface area is 109 Å². The smallest absolute Gasteiger partial charge is 0.335 e. The molecule has 0 spiro atoms. The number of nitrogens with zero attached hydrogens (tertiary/aromatic N) is 2. The number of hydrogen-bond donors (Lipinski definition) is 1. The summed E-state index contributed by atoms with van der Waals surface area (Å²) in [7, 11) is 0. The van der Waals surface area contributed by atoms with Crippen LogP contribution in [0.1, 0.15) is 10.4 Å². The lowest BCUT2D eigenvalue weighted by atomic mass is 10.1. The molecule has 18 heavy (non-hydrogen) atoms. The Balaban J connectivity index is 0.00000120. The second-order valence-corrected chi connectivity index (χ2v) is 3.74. The lowest BCUT2D eigenvalue weighted by Crippen LogP contribution is -1.96. The van der Waals surface area contributed by atoms with Crippen molar-refractivity contribution in [3.05, 3.63) is 48.3 Å². The number of aromatic carboxylic acids is 1. The number of rotatable bonds is 1. The predicted molar refractivity (Wildman–Crippen MR) is 71.3 cm³/mol. The largest absolute Gasteiger partial charge is 0.478 e. The van der Waals surface area contributed by atoms with Crippen LogP contribution < -0.4 is 0 Å². The van der Waals surface area contributed by atoms with Gasteiger partial charge >= 0.3 is 5.97 Å². The van der Waals surface area contributed by atoms with Crippen LogP contribution in [-0.2, 0) is 0 Å². The highest BCUT2D eigenvalue weighted by Gasteiger charge is 2.07. The van der Waals surface area contributed by atoms with Gasteiger partial charge in [0.2, 0.25) is 0 Å². The van der Waals surface area contributed by atoms with Crippen LogP contribution in [0.5, 0.6) is 0 Å². The monoisotopic (exact) mass is 260 g/mol. The summed E-state index contributed by atoms with van der Waals surface area (Å²) in [5, 5.41) is 10.6. The van der Waals surface area contributed by atoms with Gasteiger partial charge in [-0.1, -0.05) is 0 Å². The van der Waals surface area contributed by atoms with Crippen LogP contribution in [0.3, 0.4) is 0 Å². The lowest BCUT2D eigenvalue weighted by molar-refractivity contribution is 0.0697. The van der Waals surface area contributed by atoms with E-state index in [4.69, 9.17) is 5.11 Å². The van der Waals surface area contributed by atoms with Crippen molar-refractivity contribution in [2.45, 2.75) is 0 Å². The molecule has 0 aliphatic heterocycles. The lowest BCUT2D eigenvalue weighted by Gasteiger charge is -2.02. The first kappa shape index (κ1) is 12.3. The quantitative estimate of drug-likeness (QED) is 0.684. The van der Waals surface area contributed by atoms with E-state index in [1.165, 1.54) is 0 Å². The number of halogens is 1. The van der Waals surface area contributed by atoms with E-state index in [-0.39, 0.29) is 18.0 Å². The van der Waals surface area contributed by atoms with Crippen molar-refractivity contribution in [3.8, 4) is 0 Å². The van der Waals surface area contributed by atoms with Gasteiger partial charge in [-0.25, -0.2) is 4.79 Å². The Morgan fingerprint density at radius 3 is 2.78 bits per heavy atom. The highest BCUT2D eigenvalue weighted by molar-refractivity contribution is 6.05. The van der Waals surface area contributed by atoms with Gasteiger partial charge in [0, 0.05) is 23.2 Å². The molecule has 1 N–H and O–H groups in total. The minimum Gasteiger partial charge on any atom is -0.478 e. The Kier molecular flexibility index (Phi) is 3.12. The zero-order valence-electron chi connectivity index (χ0n) is 9.20. The zero-order chi connectivity index (χ0) is 11.8. The van der Waals surface area contributed by atoms with Gasteiger partial charge in [-0.2, -0.15) is 0 Å². The topological polar surface area (TPSA) is 63.1 Å². The molecule has 90 valence electrons. The van der Waals surface area contributed by atoms with E-state index in [9.17, 15) is 4.79 Å². The third-order valence-electron chi connectivity index (χ3n) is 2.68. The van der Waals surface area contributed by atoms with Crippen molar-refractivity contribution in [1.29, 1.82) is 0 Å². The summed E-state index contributed by atoms with van der Waals surface area (Å²) < 4.78 is 0. The Morgan fingerprint density at radius 2 is 2.00 bits per heavy atom. The number of hydrogen-bond acceptors (Lipinski definition) is 3.